The standard InChI is InChI=1S/C22H21ClN4O3/c1-14-19(13-25-27(14)17-4-2-3-16(23)12-17)22(29)24-9-10-30-18-6-7-20-15(11-18)5-8-21(28)26-20/h2-4,6-7,11-13H,5,8-10H2,1H3,(H,24,29)(H,26,28). The summed E-state index contributed by atoms with van der Waals surface area (Å²) in [5.74, 6) is 0.537. The first kappa shape index (κ1) is 20.0. The van der Waals surface area contributed by atoms with Gasteiger partial charge >= 0.3 is 0 Å². The van der Waals surface area contributed by atoms with Crippen LogP contribution in [0, 0.1) is 6.92 Å². The van der Waals surface area contributed by atoms with Crippen molar-refractivity contribution in [3.63, 3.8) is 0 Å². The minimum absolute atomic E-state index is 0.0351. The number of rotatable bonds is 6. The van der Waals surface area contributed by atoms with E-state index >= 15 is 0 Å². The molecule has 2 aromatic carbocycles. The second-order valence-electron chi connectivity index (χ2n) is 7.01. The first-order valence-electron chi connectivity index (χ1n) is 9.65. The van der Waals surface area contributed by atoms with Crippen LogP contribution in [-0.4, -0.2) is 34.7 Å². The number of aromatic nitrogens is 2. The number of fused-ring (bicyclic) bond motifs is 1. The van der Waals surface area contributed by atoms with E-state index in [0.29, 0.717) is 42.3 Å². The Kier molecular flexibility index (Phi) is 5.72. The topological polar surface area (TPSA) is 85.2 Å². The highest BCUT2D eigenvalue weighted by Gasteiger charge is 2.16. The molecule has 0 saturated heterocycles. The van der Waals surface area contributed by atoms with Gasteiger partial charge in [-0.2, -0.15) is 5.10 Å². The molecule has 2 amide bonds. The van der Waals surface area contributed by atoms with E-state index < -0.39 is 0 Å². The van der Waals surface area contributed by atoms with Crippen LogP contribution in [0.15, 0.2) is 48.7 Å². The minimum atomic E-state index is -0.211. The van der Waals surface area contributed by atoms with Gasteiger partial charge in [-0.1, -0.05) is 17.7 Å². The zero-order chi connectivity index (χ0) is 21.1. The number of carbonyl (C=O) groups excluding carboxylic acids is 2. The lowest BCUT2D eigenvalue weighted by Crippen LogP contribution is -2.28. The summed E-state index contributed by atoms with van der Waals surface area (Å²) in [5.41, 5.74) is 3.91. The smallest absolute Gasteiger partial charge is 0.254 e. The Morgan fingerprint density at radius 1 is 1.27 bits per heavy atom. The van der Waals surface area contributed by atoms with Gasteiger partial charge < -0.3 is 15.4 Å². The molecule has 2 N–H and O–H groups in total. The van der Waals surface area contributed by atoms with Crippen LogP contribution < -0.4 is 15.4 Å². The molecule has 1 aliphatic rings. The summed E-state index contributed by atoms with van der Waals surface area (Å²) in [6.45, 7) is 2.53. The molecular formula is C22H21ClN4O3. The summed E-state index contributed by atoms with van der Waals surface area (Å²) >= 11 is 6.04. The normalized spacial score (nSPS) is 12.8. The summed E-state index contributed by atoms with van der Waals surface area (Å²) in [5, 5.41) is 10.6. The average molecular weight is 425 g/mol. The van der Waals surface area contributed by atoms with Gasteiger partial charge in [0.05, 0.1) is 29.7 Å². The van der Waals surface area contributed by atoms with Gasteiger partial charge in [-0.25, -0.2) is 4.68 Å². The molecule has 154 valence electrons. The summed E-state index contributed by atoms with van der Waals surface area (Å²) in [6.07, 6.45) is 2.73. The van der Waals surface area contributed by atoms with Gasteiger partial charge in [-0.05, 0) is 55.3 Å². The van der Waals surface area contributed by atoms with Crippen LogP contribution >= 0.6 is 11.6 Å². The fraction of sp³-hybridized carbons (Fsp3) is 0.227. The van der Waals surface area contributed by atoms with Crippen LogP contribution in [-0.2, 0) is 11.2 Å². The molecule has 7 nitrogen and oxygen atoms in total. The lowest BCUT2D eigenvalue weighted by atomic mass is 10.0. The number of ether oxygens (including phenoxy) is 1. The van der Waals surface area contributed by atoms with E-state index in [1.165, 1.54) is 0 Å². The minimum Gasteiger partial charge on any atom is -0.492 e. The lowest BCUT2D eigenvalue weighted by molar-refractivity contribution is -0.116. The van der Waals surface area contributed by atoms with E-state index in [2.05, 4.69) is 15.7 Å². The van der Waals surface area contributed by atoms with Crippen molar-refractivity contribution in [3.8, 4) is 11.4 Å². The van der Waals surface area contributed by atoms with Crippen molar-refractivity contribution in [2.45, 2.75) is 19.8 Å². The predicted molar refractivity (Wildman–Crippen MR) is 115 cm³/mol. The second-order valence-corrected chi connectivity index (χ2v) is 7.44. The molecule has 0 fully saturated rings. The maximum absolute atomic E-state index is 12.5. The molecule has 0 radical (unpaired) electrons. The van der Waals surface area contributed by atoms with Crippen molar-refractivity contribution in [2.24, 2.45) is 0 Å². The summed E-state index contributed by atoms with van der Waals surface area (Å²) < 4.78 is 7.42. The Labute approximate surface area is 179 Å². The third-order valence-electron chi connectivity index (χ3n) is 4.94. The van der Waals surface area contributed by atoms with Crippen LogP contribution in [0.5, 0.6) is 5.75 Å². The number of nitrogens with zero attached hydrogens (tertiary/aromatic N) is 2. The number of benzene rings is 2. The molecule has 0 unspecified atom stereocenters. The van der Waals surface area contributed by atoms with Crippen molar-refractivity contribution >= 4 is 29.1 Å². The number of carbonyl (C=O) groups is 2. The highest BCUT2D eigenvalue weighted by molar-refractivity contribution is 6.30. The monoisotopic (exact) mass is 424 g/mol. The van der Waals surface area contributed by atoms with Crippen LogP contribution in [0.25, 0.3) is 5.69 Å². The Balaban J connectivity index is 1.32. The highest BCUT2D eigenvalue weighted by atomic mass is 35.5. The molecule has 1 aliphatic heterocycles. The van der Waals surface area contributed by atoms with Crippen molar-refractivity contribution in [1.82, 2.24) is 15.1 Å². The molecule has 4 rings (SSSR count). The number of hydrogen-bond donors (Lipinski definition) is 2. The van der Waals surface area contributed by atoms with Gasteiger partial charge in [0.2, 0.25) is 5.91 Å². The summed E-state index contributed by atoms with van der Waals surface area (Å²) in [7, 11) is 0. The van der Waals surface area contributed by atoms with Gasteiger partial charge in [0, 0.05) is 17.1 Å². The third kappa shape index (κ3) is 4.31. The number of amides is 2. The average Bonchev–Trinajstić information content (AvgIpc) is 3.12. The first-order chi connectivity index (χ1) is 14.5. The number of hydrogen-bond acceptors (Lipinski definition) is 4. The quantitative estimate of drug-likeness (QED) is 0.593. The molecule has 0 spiro atoms. The van der Waals surface area contributed by atoms with Crippen LogP contribution in [0.1, 0.15) is 28.0 Å². The third-order valence-corrected chi connectivity index (χ3v) is 5.17. The van der Waals surface area contributed by atoms with Crippen molar-refractivity contribution in [3.05, 3.63) is 70.5 Å². The molecule has 8 heteroatoms. The number of aryl methyl sites for hydroxylation is 1. The molecule has 1 aromatic heterocycles. The Bertz CT molecular complexity index is 1110. The zero-order valence-electron chi connectivity index (χ0n) is 16.4. The lowest BCUT2D eigenvalue weighted by Gasteiger charge is -2.17. The van der Waals surface area contributed by atoms with E-state index in [9.17, 15) is 9.59 Å². The molecule has 2 heterocycles. The van der Waals surface area contributed by atoms with Gasteiger partial charge in [0.15, 0.2) is 0 Å². The van der Waals surface area contributed by atoms with Gasteiger partial charge in [-0.15, -0.1) is 0 Å². The zero-order valence-corrected chi connectivity index (χ0v) is 17.2. The SMILES string of the molecule is Cc1c(C(=O)NCCOc2ccc3c(c2)CCC(=O)N3)cnn1-c1cccc(Cl)c1. The fourth-order valence-electron chi connectivity index (χ4n) is 3.38. The van der Waals surface area contributed by atoms with E-state index in [4.69, 9.17) is 16.3 Å². The van der Waals surface area contributed by atoms with Gasteiger partial charge in [0.25, 0.3) is 5.91 Å². The van der Waals surface area contributed by atoms with Crippen LogP contribution in [0.4, 0.5) is 5.69 Å². The number of nitrogens with one attached hydrogen (secondary N) is 2. The van der Waals surface area contributed by atoms with E-state index in [0.717, 1.165) is 22.6 Å². The largest absolute Gasteiger partial charge is 0.492 e. The molecule has 0 aliphatic carbocycles. The number of anilines is 1. The maximum Gasteiger partial charge on any atom is 0.254 e. The van der Waals surface area contributed by atoms with E-state index in [1.807, 2.05) is 37.3 Å². The van der Waals surface area contributed by atoms with Crippen molar-refractivity contribution in [2.75, 3.05) is 18.5 Å². The first-order valence-corrected chi connectivity index (χ1v) is 10.0. The Morgan fingerprint density at radius 3 is 2.97 bits per heavy atom. The van der Waals surface area contributed by atoms with E-state index in [1.54, 1.807) is 23.0 Å². The van der Waals surface area contributed by atoms with E-state index in [-0.39, 0.29) is 11.8 Å². The second kappa shape index (κ2) is 8.59. The Morgan fingerprint density at radius 2 is 2.13 bits per heavy atom. The van der Waals surface area contributed by atoms with Crippen molar-refractivity contribution in [1.29, 1.82) is 0 Å². The molecule has 0 atom stereocenters. The molecule has 0 saturated carbocycles. The molecule has 3 aromatic rings. The highest BCUT2D eigenvalue weighted by Crippen LogP contribution is 2.26. The number of halogens is 1. The van der Waals surface area contributed by atoms with Crippen LogP contribution in [0.3, 0.4) is 0 Å². The maximum atomic E-state index is 12.5. The summed E-state index contributed by atoms with van der Waals surface area (Å²) in [4.78, 5) is 24.0. The fourth-order valence-corrected chi connectivity index (χ4v) is 3.56. The van der Waals surface area contributed by atoms with Crippen LogP contribution in [0.2, 0.25) is 5.02 Å². The molecule has 0 bridgehead atoms. The van der Waals surface area contributed by atoms with Crippen molar-refractivity contribution < 1.29 is 14.3 Å². The Hall–Kier alpha value is -3.32. The van der Waals surface area contributed by atoms with Gasteiger partial charge in [-0.3, -0.25) is 9.59 Å². The summed E-state index contributed by atoms with van der Waals surface area (Å²) in [6, 6.07) is 12.9. The molecular weight excluding hydrogens is 404 g/mol. The molecule has 30 heavy (non-hydrogen) atoms. The predicted octanol–water partition coefficient (Wildman–Crippen LogP) is 3.53. The van der Waals surface area contributed by atoms with Gasteiger partial charge in [0.1, 0.15) is 12.4 Å².